The van der Waals surface area contributed by atoms with Gasteiger partial charge in [0.05, 0.1) is 24.3 Å². The van der Waals surface area contributed by atoms with Crippen LogP contribution in [0.15, 0.2) is 11.3 Å². The molecule has 3 aliphatic rings. The number of nitrogens with two attached hydrogens (primary N) is 1. The van der Waals surface area contributed by atoms with Crippen molar-refractivity contribution in [1.82, 2.24) is 26.4 Å². The molecule has 126 valence electrons. The van der Waals surface area contributed by atoms with Crippen molar-refractivity contribution >= 4 is 5.91 Å². The molecule has 2 saturated heterocycles. The fraction of sp³-hybridized carbons (Fsp3) is 0.733. The summed E-state index contributed by atoms with van der Waals surface area (Å²) in [5, 5.41) is 20.5. The van der Waals surface area contributed by atoms with E-state index >= 15 is 0 Å². The van der Waals surface area contributed by atoms with E-state index in [0.717, 1.165) is 31.8 Å². The van der Waals surface area contributed by atoms with Gasteiger partial charge in [-0.2, -0.15) is 5.26 Å². The third kappa shape index (κ3) is 3.39. The predicted molar refractivity (Wildman–Crippen MR) is 85.1 cm³/mol. The fourth-order valence-electron chi connectivity index (χ4n) is 3.52. The summed E-state index contributed by atoms with van der Waals surface area (Å²) in [6, 6.07) is 2.20. The van der Waals surface area contributed by atoms with E-state index in [1.165, 1.54) is 5.57 Å². The molecule has 0 aromatic carbocycles. The van der Waals surface area contributed by atoms with Crippen molar-refractivity contribution in [3.63, 3.8) is 0 Å². The van der Waals surface area contributed by atoms with Crippen LogP contribution in [0, 0.1) is 23.2 Å². The Morgan fingerprint density at radius 1 is 1.57 bits per heavy atom. The highest BCUT2D eigenvalue weighted by Crippen LogP contribution is 2.24. The van der Waals surface area contributed by atoms with E-state index in [2.05, 4.69) is 34.4 Å². The molecule has 4 atom stereocenters. The van der Waals surface area contributed by atoms with Crippen LogP contribution in [0.1, 0.15) is 19.8 Å². The molecule has 8 heteroatoms. The number of hydrogen-bond acceptors (Lipinski definition) is 7. The van der Waals surface area contributed by atoms with E-state index in [9.17, 15) is 4.79 Å². The van der Waals surface area contributed by atoms with Crippen LogP contribution in [0.4, 0.5) is 0 Å². The zero-order chi connectivity index (χ0) is 16.4. The Morgan fingerprint density at radius 2 is 2.39 bits per heavy atom. The lowest BCUT2D eigenvalue weighted by atomic mass is 9.97. The highest BCUT2D eigenvalue weighted by molar-refractivity contribution is 5.82. The molecule has 1 amide bonds. The second-order valence-corrected chi connectivity index (χ2v) is 6.59. The third-order valence-corrected chi connectivity index (χ3v) is 4.90. The summed E-state index contributed by atoms with van der Waals surface area (Å²) in [6.45, 7) is 5.16. The van der Waals surface area contributed by atoms with Crippen LogP contribution in [-0.4, -0.2) is 49.4 Å². The van der Waals surface area contributed by atoms with Crippen LogP contribution in [0.3, 0.4) is 0 Å². The fourth-order valence-corrected chi connectivity index (χ4v) is 3.52. The van der Waals surface area contributed by atoms with Crippen molar-refractivity contribution in [2.75, 3.05) is 26.2 Å². The van der Waals surface area contributed by atoms with Crippen molar-refractivity contribution in [3.05, 3.63) is 11.3 Å². The number of nitriles is 1. The van der Waals surface area contributed by atoms with Gasteiger partial charge in [0.1, 0.15) is 0 Å². The molecule has 0 saturated carbocycles. The zero-order valence-electron chi connectivity index (χ0n) is 13.4. The molecule has 0 aliphatic carbocycles. The zero-order valence-corrected chi connectivity index (χ0v) is 13.4. The van der Waals surface area contributed by atoms with Gasteiger partial charge in [-0.3, -0.25) is 10.1 Å². The Hall–Kier alpha value is -1.50. The van der Waals surface area contributed by atoms with Gasteiger partial charge >= 0.3 is 0 Å². The van der Waals surface area contributed by atoms with Gasteiger partial charge < -0.3 is 16.4 Å². The van der Waals surface area contributed by atoms with Gasteiger partial charge in [-0.15, -0.1) is 0 Å². The van der Waals surface area contributed by atoms with E-state index in [1.54, 1.807) is 0 Å². The molecule has 8 nitrogen and oxygen atoms in total. The van der Waals surface area contributed by atoms with Gasteiger partial charge in [-0.25, -0.2) is 10.4 Å². The van der Waals surface area contributed by atoms with Gasteiger partial charge in [0.2, 0.25) is 5.91 Å². The first-order chi connectivity index (χ1) is 11.1. The lowest BCUT2D eigenvalue weighted by Gasteiger charge is -2.36. The predicted octanol–water partition coefficient (Wildman–Crippen LogP) is -1.45. The summed E-state index contributed by atoms with van der Waals surface area (Å²) in [4.78, 5) is 12.7. The van der Waals surface area contributed by atoms with Gasteiger partial charge in [0, 0.05) is 31.8 Å². The summed E-state index contributed by atoms with van der Waals surface area (Å²) in [5.41, 5.74) is 11.5. The summed E-state index contributed by atoms with van der Waals surface area (Å²) in [6.07, 6.45) is 0.902. The van der Waals surface area contributed by atoms with Gasteiger partial charge in [0.25, 0.3) is 0 Å². The Morgan fingerprint density at radius 3 is 3.13 bits per heavy atom. The number of hydrogen-bond donors (Lipinski definition) is 5. The molecular formula is C15H25N7O. The standard InChI is InChI=1S/C15H25N7O/c1-9-3-5-18-7-11(9)20-15(23)12-13(17)21-22-8-10(2-4-16)6-19-14(12)22/h10,12-14,18-19,21H,2-3,5-8,17H2,1H3,(H,20,23). The first kappa shape index (κ1) is 16.4. The number of carbonyl (C=O) groups is 1. The van der Waals surface area contributed by atoms with E-state index in [-0.39, 0.29) is 23.9 Å². The molecule has 6 N–H and O–H groups in total. The number of rotatable bonds is 3. The SMILES string of the molecule is CC1=C(NC(=O)C2C(N)NN3CC(CC#N)CNC23)CNCC1. The molecular weight excluding hydrogens is 294 g/mol. The molecule has 0 spiro atoms. The minimum Gasteiger partial charge on any atom is -0.328 e. The van der Waals surface area contributed by atoms with E-state index < -0.39 is 6.17 Å². The van der Waals surface area contributed by atoms with Crippen LogP contribution in [0.5, 0.6) is 0 Å². The Balaban J connectivity index is 1.66. The summed E-state index contributed by atoms with van der Waals surface area (Å²) in [5.74, 6) is -0.160. The van der Waals surface area contributed by atoms with Crippen molar-refractivity contribution in [1.29, 1.82) is 5.26 Å². The number of amides is 1. The van der Waals surface area contributed by atoms with Crippen molar-refractivity contribution < 1.29 is 4.79 Å². The number of fused-ring (bicyclic) bond motifs is 1. The Labute approximate surface area is 136 Å². The average molecular weight is 319 g/mol. The average Bonchev–Trinajstić information content (AvgIpc) is 2.85. The van der Waals surface area contributed by atoms with E-state index in [4.69, 9.17) is 11.0 Å². The lowest BCUT2D eigenvalue weighted by Crippen LogP contribution is -2.58. The molecule has 0 bridgehead atoms. The van der Waals surface area contributed by atoms with Crippen LogP contribution in [0.2, 0.25) is 0 Å². The first-order valence-electron chi connectivity index (χ1n) is 8.19. The summed E-state index contributed by atoms with van der Waals surface area (Å²) in [7, 11) is 0. The quantitative estimate of drug-likeness (QED) is 0.432. The minimum absolute atomic E-state index is 0.0539. The van der Waals surface area contributed by atoms with Gasteiger partial charge in [-0.05, 0) is 25.8 Å². The molecule has 0 radical (unpaired) electrons. The van der Waals surface area contributed by atoms with Crippen molar-refractivity contribution in [2.45, 2.75) is 32.1 Å². The van der Waals surface area contributed by atoms with Crippen LogP contribution >= 0.6 is 0 Å². The third-order valence-electron chi connectivity index (χ3n) is 4.90. The molecule has 2 fully saturated rings. The molecule has 0 aromatic rings. The van der Waals surface area contributed by atoms with Crippen molar-refractivity contribution in [3.8, 4) is 6.07 Å². The molecule has 4 unspecified atom stereocenters. The number of nitrogens with zero attached hydrogens (tertiary/aromatic N) is 2. The molecule has 3 heterocycles. The molecule has 3 aliphatic heterocycles. The van der Waals surface area contributed by atoms with E-state index in [1.807, 2.05) is 5.01 Å². The topological polar surface area (TPSA) is 118 Å². The number of hydrazine groups is 1. The van der Waals surface area contributed by atoms with E-state index in [0.29, 0.717) is 13.0 Å². The van der Waals surface area contributed by atoms with Gasteiger partial charge in [0.15, 0.2) is 0 Å². The number of carbonyl (C=O) groups excluding carboxylic acids is 1. The van der Waals surface area contributed by atoms with Crippen LogP contribution in [-0.2, 0) is 4.79 Å². The largest absolute Gasteiger partial charge is 0.328 e. The maximum atomic E-state index is 12.7. The highest BCUT2D eigenvalue weighted by Gasteiger charge is 2.46. The maximum Gasteiger partial charge on any atom is 0.233 e. The highest BCUT2D eigenvalue weighted by atomic mass is 16.2. The molecule has 0 aromatic heterocycles. The molecule has 3 rings (SSSR count). The first-order valence-corrected chi connectivity index (χ1v) is 8.19. The monoisotopic (exact) mass is 319 g/mol. The normalized spacial score (nSPS) is 34.8. The molecule has 23 heavy (non-hydrogen) atoms. The second-order valence-electron chi connectivity index (χ2n) is 6.59. The maximum absolute atomic E-state index is 12.7. The van der Waals surface area contributed by atoms with Crippen LogP contribution < -0.4 is 27.1 Å². The lowest BCUT2D eigenvalue weighted by molar-refractivity contribution is -0.126. The van der Waals surface area contributed by atoms with Gasteiger partial charge in [-0.1, -0.05) is 5.57 Å². The smallest absolute Gasteiger partial charge is 0.233 e. The van der Waals surface area contributed by atoms with Crippen LogP contribution in [0.25, 0.3) is 0 Å². The second kappa shape index (κ2) is 6.95. The summed E-state index contributed by atoms with van der Waals surface area (Å²) < 4.78 is 0. The van der Waals surface area contributed by atoms with Crippen molar-refractivity contribution in [2.24, 2.45) is 17.6 Å². The Bertz CT molecular complexity index is 540. The Kier molecular flexibility index (Phi) is 4.94. The summed E-state index contributed by atoms with van der Waals surface area (Å²) >= 11 is 0. The minimum atomic E-state index is -0.425. The number of nitrogens with one attached hydrogen (secondary N) is 4.